The van der Waals surface area contributed by atoms with E-state index in [1.165, 1.54) is 0 Å². The average molecular weight is 414 g/mol. The molecule has 2 aromatic carbocycles. The van der Waals surface area contributed by atoms with Gasteiger partial charge in [-0.25, -0.2) is 4.98 Å². The number of ether oxygens (including phenoxy) is 2. The highest BCUT2D eigenvalue weighted by atomic mass is 35.5. The van der Waals surface area contributed by atoms with Gasteiger partial charge in [-0.05, 0) is 55.8 Å². The maximum Gasteiger partial charge on any atom is 0.264 e. The molecule has 0 aliphatic carbocycles. The number of benzene rings is 2. The van der Waals surface area contributed by atoms with Crippen molar-refractivity contribution in [2.24, 2.45) is 7.05 Å². The number of hydrogen-bond acceptors (Lipinski definition) is 4. The molecule has 29 heavy (non-hydrogen) atoms. The molecule has 0 aliphatic rings. The molecule has 0 fully saturated rings. The third kappa shape index (κ3) is 4.90. The molecular formula is C22H24ClN3O3. The Kier molecular flexibility index (Phi) is 6.13. The van der Waals surface area contributed by atoms with E-state index in [9.17, 15) is 4.79 Å². The van der Waals surface area contributed by atoms with Crippen LogP contribution < -0.4 is 14.8 Å². The van der Waals surface area contributed by atoms with Crippen molar-refractivity contribution in [3.63, 3.8) is 0 Å². The Labute approximate surface area is 175 Å². The fourth-order valence-electron chi connectivity index (χ4n) is 2.90. The Morgan fingerprint density at radius 3 is 2.28 bits per heavy atom. The van der Waals surface area contributed by atoms with Crippen LogP contribution in [0, 0.1) is 0 Å². The highest BCUT2D eigenvalue weighted by molar-refractivity contribution is 6.30. The van der Waals surface area contributed by atoms with Gasteiger partial charge in [-0.3, -0.25) is 4.79 Å². The van der Waals surface area contributed by atoms with E-state index in [1.807, 2.05) is 42.1 Å². The molecule has 0 spiro atoms. The summed E-state index contributed by atoms with van der Waals surface area (Å²) < 4.78 is 13.0. The first-order valence-electron chi connectivity index (χ1n) is 9.17. The number of aromatic nitrogens is 2. The van der Waals surface area contributed by atoms with E-state index in [1.54, 1.807) is 51.4 Å². The zero-order chi connectivity index (χ0) is 21.0. The number of nitrogens with one attached hydrogen (secondary N) is 1. The predicted molar refractivity (Wildman–Crippen MR) is 112 cm³/mol. The second-order valence-electron chi connectivity index (χ2n) is 7.14. The predicted octanol–water partition coefficient (Wildman–Crippen LogP) is 4.15. The summed E-state index contributed by atoms with van der Waals surface area (Å²) in [5, 5.41) is 3.68. The molecular weight excluding hydrogens is 390 g/mol. The Hall–Kier alpha value is -2.99. The zero-order valence-electron chi connectivity index (χ0n) is 16.8. The Morgan fingerprint density at radius 1 is 1.10 bits per heavy atom. The normalized spacial score (nSPS) is 12.3. The van der Waals surface area contributed by atoms with Crippen molar-refractivity contribution < 1.29 is 14.3 Å². The number of hydrogen-bond donors (Lipinski definition) is 1. The van der Waals surface area contributed by atoms with E-state index >= 15 is 0 Å². The summed E-state index contributed by atoms with van der Waals surface area (Å²) in [7, 11) is 3.50. The lowest BCUT2D eigenvalue weighted by Gasteiger charge is -2.28. The minimum absolute atomic E-state index is 0.267. The SMILES string of the molecule is COc1ccc([C@@H](NC(=O)C(C)(C)Oc2ccc(Cl)cc2)c2nccn2C)cc1. The smallest absolute Gasteiger partial charge is 0.264 e. The van der Waals surface area contributed by atoms with Crippen LogP contribution in [0.5, 0.6) is 11.5 Å². The number of methoxy groups -OCH3 is 1. The van der Waals surface area contributed by atoms with Crippen LogP contribution in [0.15, 0.2) is 60.9 Å². The van der Waals surface area contributed by atoms with E-state index in [4.69, 9.17) is 21.1 Å². The van der Waals surface area contributed by atoms with Crippen LogP contribution in [0.2, 0.25) is 5.02 Å². The number of carbonyl (C=O) groups is 1. The molecule has 0 radical (unpaired) electrons. The number of amides is 1. The van der Waals surface area contributed by atoms with Gasteiger partial charge in [0.05, 0.1) is 7.11 Å². The van der Waals surface area contributed by atoms with Gasteiger partial charge in [0, 0.05) is 24.5 Å². The molecule has 152 valence electrons. The van der Waals surface area contributed by atoms with Gasteiger partial charge in [0.25, 0.3) is 5.91 Å². The lowest BCUT2D eigenvalue weighted by molar-refractivity contribution is -0.134. The molecule has 1 atom stereocenters. The van der Waals surface area contributed by atoms with E-state index in [-0.39, 0.29) is 5.91 Å². The fraction of sp³-hybridized carbons (Fsp3) is 0.273. The molecule has 0 bridgehead atoms. The molecule has 0 saturated heterocycles. The minimum Gasteiger partial charge on any atom is -0.497 e. The van der Waals surface area contributed by atoms with Gasteiger partial charge in [-0.2, -0.15) is 0 Å². The Morgan fingerprint density at radius 2 is 1.72 bits per heavy atom. The molecule has 7 heteroatoms. The second-order valence-corrected chi connectivity index (χ2v) is 7.58. The fourth-order valence-corrected chi connectivity index (χ4v) is 3.02. The van der Waals surface area contributed by atoms with Crippen LogP contribution in [-0.4, -0.2) is 28.2 Å². The van der Waals surface area contributed by atoms with E-state index < -0.39 is 11.6 Å². The lowest BCUT2D eigenvalue weighted by atomic mass is 10.0. The second kappa shape index (κ2) is 8.57. The van der Waals surface area contributed by atoms with E-state index in [2.05, 4.69) is 10.3 Å². The van der Waals surface area contributed by atoms with Crippen LogP contribution >= 0.6 is 11.6 Å². The van der Waals surface area contributed by atoms with Gasteiger partial charge in [-0.15, -0.1) is 0 Å². The van der Waals surface area contributed by atoms with Crippen molar-refractivity contribution in [2.45, 2.75) is 25.5 Å². The number of aryl methyl sites for hydroxylation is 1. The molecule has 1 N–H and O–H groups in total. The quantitative estimate of drug-likeness (QED) is 0.632. The number of nitrogens with zero attached hydrogens (tertiary/aromatic N) is 2. The molecule has 6 nitrogen and oxygen atoms in total. The first-order chi connectivity index (χ1) is 13.8. The lowest BCUT2D eigenvalue weighted by Crippen LogP contribution is -2.48. The number of carbonyl (C=O) groups excluding carboxylic acids is 1. The van der Waals surface area contributed by atoms with Crippen molar-refractivity contribution in [3.05, 3.63) is 77.3 Å². The van der Waals surface area contributed by atoms with Crippen LogP contribution in [0.1, 0.15) is 31.3 Å². The number of imidazole rings is 1. The number of rotatable bonds is 7. The van der Waals surface area contributed by atoms with Crippen molar-refractivity contribution in [1.82, 2.24) is 14.9 Å². The van der Waals surface area contributed by atoms with Crippen LogP contribution in [-0.2, 0) is 11.8 Å². The molecule has 0 unspecified atom stereocenters. The highest BCUT2D eigenvalue weighted by Gasteiger charge is 2.33. The molecule has 1 heterocycles. The molecule has 0 aliphatic heterocycles. The summed E-state index contributed by atoms with van der Waals surface area (Å²) in [6, 6.07) is 14.0. The molecule has 1 aromatic heterocycles. The van der Waals surface area contributed by atoms with Crippen molar-refractivity contribution >= 4 is 17.5 Å². The van der Waals surface area contributed by atoms with Gasteiger partial charge >= 0.3 is 0 Å². The molecule has 3 rings (SSSR count). The molecule has 3 aromatic rings. The van der Waals surface area contributed by atoms with Crippen LogP contribution in [0.4, 0.5) is 0 Å². The third-order valence-electron chi connectivity index (χ3n) is 4.57. The first kappa shape index (κ1) is 20.7. The van der Waals surface area contributed by atoms with Gasteiger partial charge in [0.2, 0.25) is 0 Å². The topological polar surface area (TPSA) is 65.4 Å². The van der Waals surface area contributed by atoms with Gasteiger partial charge < -0.3 is 19.4 Å². The maximum atomic E-state index is 13.1. The monoisotopic (exact) mass is 413 g/mol. The highest BCUT2D eigenvalue weighted by Crippen LogP contribution is 2.26. The van der Waals surface area contributed by atoms with Gasteiger partial charge in [-0.1, -0.05) is 23.7 Å². The van der Waals surface area contributed by atoms with Crippen molar-refractivity contribution in [1.29, 1.82) is 0 Å². The standard InChI is InChI=1S/C22H24ClN3O3/c1-22(2,29-18-11-7-16(23)8-12-18)21(27)25-19(20-24-13-14-26(20)3)15-5-9-17(28-4)10-6-15/h5-14,19H,1-4H3,(H,25,27)/t19-/m1/s1. The largest absolute Gasteiger partial charge is 0.497 e. The molecule has 1 amide bonds. The van der Waals surface area contributed by atoms with Gasteiger partial charge in [0.1, 0.15) is 23.4 Å². The van der Waals surface area contributed by atoms with E-state index in [0.29, 0.717) is 16.6 Å². The summed E-state index contributed by atoms with van der Waals surface area (Å²) >= 11 is 5.92. The van der Waals surface area contributed by atoms with Crippen LogP contribution in [0.3, 0.4) is 0 Å². The van der Waals surface area contributed by atoms with Crippen molar-refractivity contribution in [2.75, 3.05) is 7.11 Å². The van der Waals surface area contributed by atoms with Crippen LogP contribution in [0.25, 0.3) is 0 Å². The average Bonchev–Trinajstić information content (AvgIpc) is 3.13. The van der Waals surface area contributed by atoms with Crippen molar-refractivity contribution in [3.8, 4) is 11.5 Å². The first-order valence-corrected chi connectivity index (χ1v) is 9.54. The third-order valence-corrected chi connectivity index (χ3v) is 4.83. The summed E-state index contributed by atoms with van der Waals surface area (Å²) in [6.45, 7) is 3.45. The Balaban J connectivity index is 1.85. The number of halogens is 1. The molecule has 0 saturated carbocycles. The van der Waals surface area contributed by atoms with E-state index in [0.717, 1.165) is 11.3 Å². The summed E-state index contributed by atoms with van der Waals surface area (Å²) in [5.41, 5.74) is -0.222. The maximum absolute atomic E-state index is 13.1. The summed E-state index contributed by atoms with van der Waals surface area (Å²) in [6.07, 6.45) is 3.54. The minimum atomic E-state index is -1.11. The Bertz CT molecular complexity index is 966. The summed E-state index contributed by atoms with van der Waals surface area (Å²) in [5.74, 6) is 1.75. The summed E-state index contributed by atoms with van der Waals surface area (Å²) in [4.78, 5) is 17.6. The zero-order valence-corrected chi connectivity index (χ0v) is 17.6. The van der Waals surface area contributed by atoms with Gasteiger partial charge in [0.15, 0.2) is 5.60 Å².